The average molecular weight is 309 g/mol. The smallest absolute Gasteiger partial charge is 0.244 e. The molecular weight excluding hydrogens is 282 g/mol. The van der Waals surface area contributed by atoms with Crippen LogP contribution in [-0.4, -0.2) is 23.1 Å². The average Bonchev–Trinajstić information content (AvgIpc) is 2.44. The monoisotopic (exact) mass is 309 g/mol. The Hall–Kier alpha value is -1.29. The lowest BCUT2D eigenvalue weighted by Gasteiger charge is -2.02. The predicted molar refractivity (Wildman–Crippen MR) is 92.6 cm³/mol. The molecule has 0 fully saturated rings. The van der Waals surface area contributed by atoms with E-state index in [0.717, 1.165) is 12.8 Å². The molecule has 0 rings (SSSR count). The zero-order valence-electron chi connectivity index (χ0n) is 13.2. The van der Waals surface area contributed by atoms with E-state index in [0.29, 0.717) is 11.4 Å². The summed E-state index contributed by atoms with van der Waals surface area (Å²) >= 11 is 5.00. The van der Waals surface area contributed by atoms with E-state index in [1.165, 1.54) is 37.8 Å². The van der Waals surface area contributed by atoms with Crippen LogP contribution in [0.3, 0.4) is 0 Å². The Balaban J connectivity index is 3.71. The summed E-state index contributed by atoms with van der Waals surface area (Å²) < 4.78 is 0. The van der Waals surface area contributed by atoms with E-state index in [-0.39, 0.29) is 18.1 Å². The van der Waals surface area contributed by atoms with Crippen LogP contribution in [0.15, 0.2) is 24.3 Å². The minimum Gasteiger partial charge on any atom is -0.353 e. The van der Waals surface area contributed by atoms with E-state index >= 15 is 0 Å². The predicted octanol–water partition coefficient (Wildman–Crippen LogP) is 3.92. The van der Waals surface area contributed by atoms with Crippen molar-refractivity contribution in [3.8, 4) is 0 Å². The lowest BCUT2D eigenvalue weighted by atomic mass is 10.1. The van der Waals surface area contributed by atoms with Crippen LogP contribution in [0.4, 0.5) is 0 Å². The number of unbranched alkanes of at least 4 members (excludes halogenated alkanes) is 5. The van der Waals surface area contributed by atoms with E-state index in [2.05, 4.69) is 12.2 Å². The maximum Gasteiger partial charge on any atom is 0.244 e. The van der Waals surface area contributed by atoms with Crippen LogP contribution < -0.4 is 5.32 Å². The number of carbonyl (C=O) groups excluding carboxylic acids is 2. The van der Waals surface area contributed by atoms with Crippen LogP contribution in [0.2, 0.25) is 0 Å². The molecule has 0 atom stereocenters. The van der Waals surface area contributed by atoms with Crippen LogP contribution in [-0.2, 0) is 9.59 Å². The van der Waals surface area contributed by atoms with E-state index in [1.54, 1.807) is 12.2 Å². The second kappa shape index (κ2) is 13.7. The van der Waals surface area contributed by atoms with Crippen molar-refractivity contribution >= 4 is 28.8 Å². The standard InChI is InChI=1S/C17H27NO2S/c1-3-5-6-7-8-9-13-18-17(20)12-11-15(19)14-16(21)10-4-2/h4,10-12H,3,5-9,13-14H2,1-2H3,(H,18,20). The molecule has 1 amide bonds. The molecule has 1 N–H and O–H groups in total. The number of hydrogen-bond donors (Lipinski definition) is 1. The molecule has 0 spiro atoms. The maximum atomic E-state index is 11.5. The summed E-state index contributed by atoms with van der Waals surface area (Å²) in [5.74, 6) is -0.360. The number of nitrogens with one attached hydrogen (secondary N) is 1. The van der Waals surface area contributed by atoms with Crippen molar-refractivity contribution in [2.24, 2.45) is 0 Å². The molecule has 21 heavy (non-hydrogen) atoms. The topological polar surface area (TPSA) is 46.2 Å². The number of amides is 1. The second-order valence-corrected chi connectivity index (χ2v) is 5.53. The summed E-state index contributed by atoms with van der Waals surface area (Å²) in [4.78, 5) is 23.6. The molecule has 0 bridgehead atoms. The molecule has 0 aromatic rings. The Bertz CT molecular complexity index is 386. The van der Waals surface area contributed by atoms with Crippen molar-refractivity contribution in [1.82, 2.24) is 5.32 Å². The van der Waals surface area contributed by atoms with Crippen LogP contribution in [0.1, 0.15) is 58.8 Å². The lowest BCUT2D eigenvalue weighted by Crippen LogP contribution is -2.22. The van der Waals surface area contributed by atoms with Gasteiger partial charge in [-0.15, -0.1) is 0 Å². The van der Waals surface area contributed by atoms with Gasteiger partial charge in [0.1, 0.15) is 0 Å². The summed E-state index contributed by atoms with van der Waals surface area (Å²) in [7, 11) is 0. The van der Waals surface area contributed by atoms with E-state index < -0.39 is 0 Å². The highest BCUT2D eigenvalue weighted by atomic mass is 32.1. The van der Waals surface area contributed by atoms with Gasteiger partial charge in [0, 0.05) is 23.9 Å². The molecule has 0 aromatic carbocycles. The third kappa shape index (κ3) is 13.4. The Morgan fingerprint density at radius 1 is 1.00 bits per heavy atom. The highest BCUT2D eigenvalue weighted by molar-refractivity contribution is 7.80. The van der Waals surface area contributed by atoms with Crippen LogP contribution >= 0.6 is 12.2 Å². The third-order valence-corrected chi connectivity index (χ3v) is 3.23. The van der Waals surface area contributed by atoms with Gasteiger partial charge < -0.3 is 5.32 Å². The first-order valence-electron chi connectivity index (χ1n) is 7.74. The fraction of sp³-hybridized carbons (Fsp3) is 0.588. The Morgan fingerprint density at radius 2 is 1.67 bits per heavy atom. The fourth-order valence-electron chi connectivity index (χ4n) is 1.82. The largest absolute Gasteiger partial charge is 0.353 e. The fourth-order valence-corrected chi connectivity index (χ4v) is 2.10. The number of rotatable bonds is 12. The van der Waals surface area contributed by atoms with Crippen molar-refractivity contribution in [2.75, 3.05) is 6.54 Å². The van der Waals surface area contributed by atoms with Gasteiger partial charge in [-0.3, -0.25) is 9.59 Å². The first kappa shape index (κ1) is 19.7. The number of thiocarbonyl (C=S) groups is 1. The molecule has 0 unspecified atom stereocenters. The first-order valence-corrected chi connectivity index (χ1v) is 8.15. The van der Waals surface area contributed by atoms with Crippen LogP contribution in [0, 0.1) is 0 Å². The van der Waals surface area contributed by atoms with Gasteiger partial charge in [0.05, 0.1) is 0 Å². The van der Waals surface area contributed by atoms with Crippen molar-refractivity contribution < 1.29 is 9.59 Å². The summed E-state index contributed by atoms with van der Waals surface area (Å²) in [6, 6.07) is 0. The highest BCUT2D eigenvalue weighted by Crippen LogP contribution is 2.04. The minimum absolute atomic E-state index is 0.146. The van der Waals surface area contributed by atoms with Gasteiger partial charge in [-0.1, -0.05) is 63.4 Å². The van der Waals surface area contributed by atoms with Gasteiger partial charge in [-0.25, -0.2) is 0 Å². The SMILES string of the molecule is CC=CC(=S)CC(=O)C=CC(=O)NCCCCCCCC. The molecule has 0 saturated carbocycles. The lowest BCUT2D eigenvalue weighted by molar-refractivity contribution is -0.117. The van der Waals surface area contributed by atoms with Crippen LogP contribution in [0.25, 0.3) is 0 Å². The maximum absolute atomic E-state index is 11.5. The Morgan fingerprint density at radius 3 is 2.33 bits per heavy atom. The zero-order chi connectivity index (χ0) is 15.9. The van der Waals surface area contributed by atoms with Gasteiger partial charge >= 0.3 is 0 Å². The first-order chi connectivity index (χ1) is 10.1. The number of hydrogen-bond acceptors (Lipinski definition) is 3. The molecule has 3 nitrogen and oxygen atoms in total. The molecule has 0 saturated heterocycles. The number of carbonyl (C=O) groups is 2. The summed E-state index contributed by atoms with van der Waals surface area (Å²) in [6.07, 6.45) is 13.4. The molecule has 118 valence electrons. The van der Waals surface area contributed by atoms with Crippen molar-refractivity contribution in [3.05, 3.63) is 24.3 Å². The zero-order valence-corrected chi connectivity index (χ0v) is 14.0. The van der Waals surface area contributed by atoms with E-state index in [1.807, 2.05) is 6.92 Å². The highest BCUT2D eigenvalue weighted by Gasteiger charge is 2.01. The molecule has 0 heterocycles. The van der Waals surface area contributed by atoms with Crippen molar-refractivity contribution in [2.45, 2.75) is 58.8 Å². The normalized spacial score (nSPS) is 11.1. The Labute approximate surface area is 133 Å². The summed E-state index contributed by atoms with van der Waals surface area (Å²) in [6.45, 7) is 4.71. The van der Waals surface area contributed by atoms with Crippen molar-refractivity contribution in [3.63, 3.8) is 0 Å². The summed E-state index contributed by atoms with van der Waals surface area (Å²) in [5.41, 5.74) is 0. The molecule has 4 heteroatoms. The molecule has 0 aliphatic carbocycles. The van der Waals surface area contributed by atoms with Gasteiger partial charge in [0.2, 0.25) is 5.91 Å². The minimum atomic E-state index is -0.214. The third-order valence-electron chi connectivity index (χ3n) is 2.95. The Kier molecular flexibility index (Phi) is 12.8. The molecular formula is C17H27NO2S. The van der Waals surface area contributed by atoms with Crippen LogP contribution in [0.5, 0.6) is 0 Å². The molecule has 0 radical (unpaired) electrons. The van der Waals surface area contributed by atoms with Gasteiger partial charge in [0.25, 0.3) is 0 Å². The second-order valence-electron chi connectivity index (χ2n) is 5.00. The van der Waals surface area contributed by atoms with E-state index in [9.17, 15) is 9.59 Å². The number of allylic oxidation sites excluding steroid dienone is 3. The van der Waals surface area contributed by atoms with Crippen molar-refractivity contribution in [1.29, 1.82) is 0 Å². The quantitative estimate of drug-likeness (QED) is 0.337. The molecule has 0 aliphatic rings. The molecule has 0 aliphatic heterocycles. The van der Waals surface area contributed by atoms with Gasteiger partial charge in [0.15, 0.2) is 5.78 Å². The van der Waals surface area contributed by atoms with E-state index in [4.69, 9.17) is 12.2 Å². The molecule has 0 aromatic heterocycles. The van der Waals surface area contributed by atoms with Gasteiger partial charge in [-0.2, -0.15) is 0 Å². The van der Waals surface area contributed by atoms with Gasteiger partial charge in [-0.05, 0) is 19.4 Å². The number of ketones is 1. The summed E-state index contributed by atoms with van der Waals surface area (Å²) in [5, 5.41) is 2.78.